The van der Waals surface area contributed by atoms with Crippen molar-refractivity contribution in [3.8, 4) is 0 Å². The van der Waals surface area contributed by atoms with Crippen LogP contribution in [0.1, 0.15) is 66.2 Å². The second kappa shape index (κ2) is 6.51. The zero-order valence-corrected chi connectivity index (χ0v) is 9.32. The zero-order valence-electron chi connectivity index (χ0n) is 9.32. The molecule has 0 heteroatoms. The Morgan fingerprint density at radius 1 is 1.00 bits per heavy atom. The Balaban J connectivity index is 3.33. The fraction of sp³-hybridized carbons (Fsp3) is 0.917. The number of unbranched alkanes of at least 4 members (excludes halogenated alkanes) is 3. The van der Waals surface area contributed by atoms with Crippen LogP contribution in [0.3, 0.4) is 0 Å². The minimum absolute atomic E-state index is 0.475. The van der Waals surface area contributed by atoms with Crippen LogP contribution in [0.4, 0.5) is 0 Å². The van der Waals surface area contributed by atoms with Crippen LogP contribution in [-0.4, -0.2) is 0 Å². The van der Waals surface area contributed by atoms with E-state index >= 15 is 0 Å². The lowest BCUT2D eigenvalue weighted by Gasteiger charge is -2.23. The molecule has 0 atom stereocenters. The summed E-state index contributed by atoms with van der Waals surface area (Å²) in [5.74, 6) is 0. The average molecular weight is 169 g/mol. The summed E-state index contributed by atoms with van der Waals surface area (Å²) in [6.07, 6.45) is 10.6. The van der Waals surface area contributed by atoms with Gasteiger partial charge in [0.15, 0.2) is 0 Å². The number of hydrogen-bond donors (Lipinski definition) is 0. The normalized spacial score (nSPS) is 12.0. The second-order valence-corrected chi connectivity index (χ2v) is 4.41. The molecule has 0 saturated carbocycles. The van der Waals surface area contributed by atoms with E-state index in [4.69, 9.17) is 0 Å². The van der Waals surface area contributed by atoms with E-state index in [1.807, 2.05) is 0 Å². The van der Waals surface area contributed by atoms with Crippen LogP contribution in [0.25, 0.3) is 0 Å². The van der Waals surface area contributed by atoms with Gasteiger partial charge in [0, 0.05) is 0 Å². The topological polar surface area (TPSA) is 0 Å². The van der Waals surface area contributed by atoms with Crippen molar-refractivity contribution < 1.29 is 0 Å². The highest BCUT2D eigenvalue weighted by molar-refractivity contribution is 4.83. The molecule has 0 saturated heterocycles. The van der Waals surface area contributed by atoms with Crippen molar-refractivity contribution in [3.63, 3.8) is 0 Å². The van der Waals surface area contributed by atoms with Crippen molar-refractivity contribution in [2.24, 2.45) is 5.41 Å². The lowest BCUT2D eigenvalue weighted by atomic mass is 9.83. The molecule has 0 rings (SSSR count). The molecule has 0 fully saturated rings. The van der Waals surface area contributed by atoms with Gasteiger partial charge in [-0.1, -0.05) is 59.8 Å². The molecule has 0 heterocycles. The smallest absolute Gasteiger partial charge is 0.0323 e. The first-order valence-corrected chi connectivity index (χ1v) is 5.46. The van der Waals surface area contributed by atoms with Gasteiger partial charge < -0.3 is 0 Å². The lowest BCUT2D eigenvalue weighted by molar-refractivity contribution is 0.369. The van der Waals surface area contributed by atoms with E-state index in [0.717, 1.165) is 0 Å². The van der Waals surface area contributed by atoms with Crippen molar-refractivity contribution in [3.05, 3.63) is 6.42 Å². The fourth-order valence-electron chi connectivity index (χ4n) is 1.66. The van der Waals surface area contributed by atoms with Crippen LogP contribution >= 0.6 is 0 Å². The van der Waals surface area contributed by atoms with Crippen LogP contribution in [-0.2, 0) is 0 Å². The van der Waals surface area contributed by atoms with Gasteiger partial charge in [0.25, 0.3) is 0 Å². The van der Waals surface area contributed by atoms with Crippen LogP contribution in [0, 0.1) is 11.8 Å². The number of hydrogen-bond acceptors (Lipinski definition) is 0. The predicted octanol–water partition coefficient (Wildman–Crippen LogP) is 4.60. The van der Waals surface area contributed by atoms with Crippen molar-refractivity contribution in [1.82, 2.24) is 0 Å². The van der Waals surface area contributed by atoms with Gasteiger partial charge in [0.1, 0.15) is 0 Å². The monoisotopic (exact) mass is 169 g/mol. The van der Waals surface area contributed by atoms with Gasteiger partial charge in [-0.15, -0.1) is 0 Å². The molecule has 0 N–H and O–H groups in total. The molecule has 0 amide bonds. The SMILES string of the molecule is CC[CH]C(C)(C)CCCCCC. The summed E-state index contributed by atoms with van der Waals surface area (Å²) < 4.78 is 0. The Hall–Kier alpha value is 0. The highest BCUT2D eigenvalue weighted by atomic mass is 14.2. The van der Waals surface area contributed by atoms with Gasteiger partial charge in [0.05, 0.1) is 0 Å². The summed E-state index contributed by atoms with van der Waals surface area (Å²) >= 11 is 0. The van der Waals surface area contributed by atoms with E-state index in [1.165, 1.54) is 38.5 Å². The molecule has 73 valence electrons. The third kappa shape index (κ3) is 6.69. The van der Waals surface area contributed by atoms with Gasteiger partial charge >= 0.3 is 0 Å². The maximum atomic E-state index is 2.44. The van der Waals surface area contributed by atoms with Gasteiger partial charge in [-0.2, -0.15) is 0 Å². The van der Waals surface area contributed by atoms with E-state index in [1.54, 1.807) is 0 Å². The molecule has 0 aromatic heterocycles. The Bertz CT molecular complexity index is 92.2. The first-order chi connectivity index (χ1) is 5.62. The quantitative estimate of drug-likeness (QED) is 0.489. The van der Waals surface area contributed by atoms with E-state index in [-0.39, 0.29) is 0 Å². The zero-order chi connectivity index (χ0) is 9.45. The molecule has 0 aromatic rings. The first kappa shape index (κ1) is 12.0. The molecule has 12 heavy (non-hydrogen) atoms. The van der Waals surface area contributed by atoms with Gasteiger partial charge in [-0.3, -0.25) is 0 Å². The van der Waals surface area contributed by atoms with Gasteiger partial charge in [0.2, 0.25) is 0 Å². The highest BCUT2D eigenvalue weighted by Crippen LogP contribution is 2.28. The molecule has 0 aliphatic rings. The first-order valence-electron chi connectivity index (χ1n) is 5.46. The Morgan fingerprint density at radius 3 is 2.17 bits per heavy atom. The van der Waals surface area contributed by atoms with E-state index in [2.05, 4.69) is 34.1 Å². The minimum Gasteiger partial charge on any atom is -0.0654 e. The maximum Gasteiger partial charge on any atom is -0.0323 e. The molecule has 0 aliphatic heterocycles. The summed E-state index contributed by atoms with van der Waals surface area (Å²) in [5.41, 5.74) is 0.475. The summed E-state index contributed by atoms with van der Waals surface area (Å²) in [6, 6.07) is 0. The molecule has 0 nitrogen and oxygen atoms in total. The molecule has 0 aliphatic carbocycles. The summed E-state index contributed by atoms with van der Waals surface area (Å²) in [5, 5.41) is 0. The number of rotatable bonds is 7. The average Bonchev–Trinajstić information content (AvgIpc) is 1.98. The van der Waals surface area contributed by atoms with Crippen molar-refractivity contribution in [2.75, 3.05) is 0 Å². The summed E-state index contributed by atoms with van der Waals surface area (Å²) in [4.78, 5) is 0. The summed E-state index contributed by atoms with van der Waals surface area (Å²) in [6.45, 7) is 9.20. The second-order valence-electron chi connectivity index (χ2n) is 4.41. The van der Waals surface area contributed by atoms with Crippen molar-refractivity contribution in [1.29, 1.82) is 0 Å². The summed E-state index contributed by atoms with van der Waals surface area (Å²) in [7, 11) is 0. The van der Waals surface area contributed by atoms with Crippen LogP contribution < -0.4 is 0 Å². The standard InChI is InChI=1S/C12H25/c1-5-7-8-9-11-12(3,4)10-6-2/h10H,5-9,11H2,1-4H3. The van der Waals surface area contributed by atoms with Crippen molar-refractivity contribution >= 4 is 0 Å². The van der Waals surface area contributed by atoms with E-state index < -0.39 is 0 Å². The molecular formula is C12H25. The van der Waals surface area contributed by atoms with Crippen LogP contribution in [0.2, 0.25) is 0 Å². The van der Waals surface area contributed by atoms with Crippen molar-refractivity contribution in [2.45, 2.75) is 66.2 Å². The molecule has 1 radical (unpaired) electrons. The largest absolute Gasteiger partial charge is 0.0654 e. The Labute approximate surface area is 78.8 Å². The third-order valence-corrected chi connectivity index (χ3v) is 2.43. The van der Waals surface area contributed by atoms with E-state index in [9.17, 15) is 0 Å². The van der Waals surface area contributed by atoms with Gasteiger partial charge in [-0.25, -0.2) is 0 Å². The molecular weight excluding hydrogens is 144 g/mol. The lowest BCUT2D eigenvalue weighted by Crippen LogP contribution is -2.11. The van der Waals surface area contributed by atoms with E-state index in [0.29, 0.717) is 5.41 Å². The Kier molecular flexibility index (Phi) is 6.51. The fourth-order valence-corrected chi connectivity index (χ4v) is 1.66. The third-order valence-electron chi connectivity index (χ3n) is 2.43. The highest BCUT2D eigenvalue weighted by Gasteiger charge is 2.15. The molecule has 0 aromatic carbocycles. The minimum atomic E-state index is 0.475. The maximum absolute atomic E-state index is 2.44. The van der Waals surface area contributed by atoms with Gasteiger partial charge in [-0.05, 0) is 18.3 Å². The Morgan fingerprint density at radius 2 is 1.67 bits per heavy atom. The molecule has 0 unspecified atom stereocenters. The molecule has 0 spiro atoms. The van der Waals surface area contributed by atoms with Crippen LogP contribution in [0.5, 0.6) is 0 Å². The predicted molar refractivity (Wildman–Crippen MR) is 57.1 cm³/mol. The van der Waals surface area contributed by atoms with Crippen LogP contribution in [0.15, 0.2) is 0 Å². The molecule has 0 bridgehead atoms.